The van der Waals surface area contributed by atoms with Crippen molar-refractivity contribution >= 4 is 17.4 Å². The van der Waals surface area contributed by atoms with Crippen LogP contribution in [0.2, 0.25) is 0 Å². The molecule has 0 fully saturated rings. The zero-order valence-corrected chi connectivity index (χ0v) is 10.7. The second-order valence-electron chi connectivity index (χ2n) is 4.12. The number of hydrogen-bond acceptors (Lipinski definition) is 1. The average Bonchev–Trinajstić information content (AvgIpc) is 2.15. The van der Waals surface area contributed by atoms with E-state index in [2.05, 4.69) is 6.07 Å². The van der Waals surface area contributed by atoms with Crippen LogP contribution in [-0.2, 0) is 0 Å². The molecule has 1 aromatic rings. The molecule has 1 atom stereocenters. The van der Waals surface area contributed by atoms with Gasteiger partial charge in [0.2, 0.25) is 0 Å². The van der Waals surface area contributed by atoms with Crippen LogP contribution < -0.4 is 0 Å². The summed E-state index contributed by atoms with van der Waals surface area (Å²) in [6.07, 6.45) is 0. The molecule has 0 aliphatic heterocycles. The predicted octanol–water partition coefficient (Wildman–Crippen LogP) is 3.73. The van der Waals surface area contributed by atoms with Gasteiger partial charge in [0.05, 0.1) is 5.38 Å². The highest BCUT2D eigenvalue weighted by molar-refractivity contribution is 6.34. The molecule has 0 amide bonds. The Labute approximate surface area is 96.5 Å². The molecule has 0 heterocycles. The molecule has 1 aromatic carbocycles. The fourth-order valence-electron chi connectivity index (χ4n) is 1.79. The maximum Gasteiger partial charge on any atom is 0.180 e. The maximum absolute atomic E-state index is 12.0. The molecular weight excluding hydrogens is 208 g/mol. The third-order valence-corrected chi connectivity index (χ3v) is 3.17. The van der Waals surface area contributed by atoms with E-state index in [1.165, 1.54) is 0 Å². The van der Waals surface area contributed by atoms with Gasteiger partial charge in [-0.3, -0.25) is 4.79 Å². The first-order chi connectivity index (χ1) is 6.86. The van der Waals surface area contributed by atoms with Gasteiger partial charge in [0.1, 0.15) is 0 Å². The highest BCUT2D eigenvalue weighted by Crippen LogP contribution is 2.23. The fourth-order valence-corrected chi connectivity index (χ4v) is 1.89. The van der Waals surface area contributed by atoms with Crippen molar-refractivity contribution in [2.24, 2.45) is 0 Å². The second kappa shape index (κ2) is 4.36. The quantitative estimate of drug-likeness (QED) is 0.553. The Morgan fingerprint density at radius 2 is 1.53 bits per heavy atom. The van der Waals surface area contributed by atoms with Gasteiger partial charge in [0.15, 0.2) is 5.78 Å². The van der Waals surface area contributed by atoms with Crippen LogP contribution in [0, 0.1) is 27.7 Å². The van der Waals surface area contributed by atoms with Crippen LogP contribution in [0.15, 0.2) is 6.07 Å². The SMILES string of the molecule is Cc1cc(C)c(C)c(C(=O)C(C)Cl)c1C. The van der Waals surface area contributed by atoms with Crippen LogP contribution in [0.5, 0.6) is 0 Å². The zero-order chi connectivity index (χ0) is 11.7. The van der Waals surface area contributed by atoms with Crippen LogP contribution >= 0.6 is 11.6 Å². The van der Waals surface area contributed by atoms with Crippen molar-refractivity contribution in [2.45, 2.75) is 40.0 Å². The van der Waals surface area contributed by atoms with Gasteiger partial charge in [-0.1, -0.05) is 6.07 Å². The minimum absolute atomic E-state index is 0.0264. The Kier molecular flexibility index (Phi) is 3.56. The second-order valence-corrected chi connectivity index (χ2v) is 4.77. The fraction of sp³-hybridized carbons (Fsp3) is 0.462. The topological polar surface area (TPSA) is 17.1 Å². The van der Waals surface area contributed by atoms with E-state index in [9.17, 15) is 4.79 Å². The van der Waals surface area contributed by atoms with Crippen LogP contribution in [0.1, 0.15) is 39.5 Å². The molecule has 82 valence electrons. The normalized spacial score (nSPS) is 12.7. The van der Waals surface area contributed by atoms with Crippen LogP contribution in [0.3, 0.4) is 0 Å². The van der Waals surface area contributed by atoms with E-state index in [4.69, 9.17) is 11.6 Å². The standard InChI is InChI=1S/C13H17ClO/c1-7-6-8(2)10(4)12(9(7)3)13(15)11(5)14/h6,11H,1-5H3. The lowest BCUT2D eigenvalue weighted by molar-refractivity contribution is 0.0990. The summed E-state index contributed by atoms with van der Waals surface area (Å²) < 4.78 is 0. The van der Waals surface area contributed by atoms with Crippen molar-refractivity contribution in [3.8, 4) is 0 Å². The summed E-state index contributed by atoms with van der Waals surface area (Å²) in [5.41, 5.74) is 5.21. The van der Waals surface area contributed by atoms with Crippen molar-refractivity contribution in [2.75, 3.05) is 0 Å². The monoisotopic (exact) mass is 224 g/mol. The number of ketones is 1. The average molecular weight is 225 g/mol. The zero-order valence-electron chi connectivity index (χ0n) is 9.94. The first kappa shape index (κ1) is 12.3. The highest BCUT2D eigenvalue weighted by atomic mass is 35.5. The first-order valence-corrected chi connectivity index (χ1v) is 5.55. The molecule has 0 spiro atoms. The summed E-state index contributed by atoms with van der Waals surface area (Å²) in [5.74, 6) is 0.0264. The van der Waals surface area contributed by atoms with Gasteiger partial charge in [-0.2, -0.15) is 0 Å². The van der Waals surface area contributed by atoms with Crippen molar-refractivity contribution in [3.63, 3.8) is 0 Å². The predicted molar refractivity (Wildman–Crippen MR) is 65.0 cm³/mol. The molecule has 0 saturated carbocycles. The van der Waals surface area contributed by atoms with E-state index < -0.39 is 5.38 Å². The molecule has 15 heavy (non-hydrogen) atoms. The number of rotatable bonds is 2. The number of alkyl halides is 1. The largest absolute Gasteiger partial charge is 0.293 e. The Hall–Kier alpha value is -0.820. The highest BCUT2D eigenvalue weighted by Gasteiger charge is 2.19. The Bertz CT molecular complexity index is 379. The molecule has 0 bridgehead atoms. The van der Waals surface area contributed by atoms with Crippen LogP contribution in [0.4, 0.5) is 0 Å². The first-order valence-electron chi connectivity index (χ1n) is 5.12. The van der Waals surface area contributed by atoms with Gasteiger partial charge in [0, 0.05) is 5.56 Å². The lowest BCUT2D eigenvalue weighted by atomic mass is 9.91. The van der Waals surface area contributed by atoms with Gasteiger partial charge >= 0.3 is 0 Å². The third-order valence-electron chi connectivity index (χ3n) is 2.97. The third kappa shape index (κ3) is 2.23. The molecule has 1 nitrogen and oxygen atoms in total. The molecule has 1 rings (SSSR count). The summed E-state index contributed by atoms with van der Waals surface area (Å²) in [6, 6.07) is 2.11. The van der Waals surface area contributed by atoms with Gasteiger partial charge in [-0.15, -0.1) is 11.6 Å². The van der Waals surface area contributed by atoms with Crippen LogP contribution in [0.25, 0.3) is 0 Å². The smallest absolute Gasteiger partial charge is 0.180 e. The molecule has 0 N–H and O–H groups in total. The molecule has 0 aromatic heterocycles. The number of halogens is 1. The molecule has 0 radical (unpaired) electrons. The van der Waals surface area contributed by atoms with E-state index in [0.717, 1.165) is 27.8 Å². The lowest BCUT2D eigenvalue weighted by Gasteiger charge is -2.15. The number of carbonyl (C=O) groups is 1. The van der Waals surface area contributed by atoms with E-state index in [0.29, 0.717) is 0 Å². The van der Waals surface area contributed by atoms with E-state index >= 15 is 0 Å². The lowest BCUT2D eigenvalue weighted by Crippen LogP contribution is -2.15. The van der Waals surface area contributed by atoms with Gasteiger partial charge < -0.3 is 0 Å². The number of hydrogen-bond donors (Lipinski definition) is 0. The molecule has 0 aliphatic rings. The molecule has 1 unspecified atom stereocenters. The minimum Gasteiger partial charge on any atom is -0.293 e. The number of benzene rings is 1. The van der Waals surface area contributed by atoms with E-state index in [1.54, 1.807) is 6.92 Å². The molecule has 0 aliphatic carbocycles. The summed E-state index contributed by atoms with van der Waals surface area (Å²) in [5, 5.41) is -0.455. The van der Waals surface area contributed by atoms with Crippen molar-refractivity contribution in [1.29, 1.82) is 0 Å². The Morgan fingerprint density at radius 1 is 1.13 bits per heavy atom. The Balaban J connectivity index is 3.46. The number of carbonyl (C=O) groups excluding carboxylic acids is 1. The minimum atomic E-state index is -0.455. The number of Topliss-reactive ketones (excluding diaryl/α,β-unsaturated/α-hetero) is 1. The van der Waals surface area contributed by atoms with E-state index in [-0.39, 0.29) is 5.78 Å². The number of aryl methyl sites for hydroxylation is 2. The van der Waals surface area contributed by atoms with Crippen molar-refractivity contribution in [1.82, 2.24) is 0 Å². The van der Waals surface area contributed by atoms with Crippen molar-refractivity contribution < 1.29 is 4.79 Å². The van der Waals surface area contributed by atoms with Crippen molar-refractivity contribution in [3.05, 3.63) is 33.9 Å². The van der Waals surface area contributed by atoms with Crippen LogP contribution in [-0.4, -0.2) is 11.2 Å². The van der Waals surface area contributed by atoms with Gasteiger partial charge in [-0.05, 0) is 56.9 Å². The maximum atomic E-state index is 12.0. The summed E-state index contributed by atoms with van der Waals surface area (Å²) >= 11 is 5.86. The summed E-state index contributed by atoms with van der Waals surface area (Å²) in [6.45, 7) is 9.73. The van der Waals surface area contributed by atoms with Gasteiger partial charge in [0.25, 0.3) is 0 Å². The summed E-state index contributed by atoms with van der Waals surface area (Å²) in [7, 11) is 0. The molecule has 0 saturated heterocycles. The van der Waals surface area contributed by atoms with E-state index in [1.807, 2.05) is 27.7 Å². The Morgan fingerprint density at radius 3 is 1.87 bits per heavy atom. The molecule has 2 heteroatoms. The molecular formula is C13H17ClO. The summed E-state index contributed by atoms with van der Waals surface area (Å²) in [4.78, 5) is 12.0. The van der Waals surface area contributed by atoms with Gasteiger partial charge in [-0.25, -0.2) is 0 Å².